The number of hydrogen-bond acceptors (Lipinski definition) is 2. The summed E-state index contributed by atoms with van der Waals surface area (Å²) in [6.45, 7) is 2.98. The van der Waals surface area contributed by atoms with Crippen LogP contribution < -0.4 is 0 Å². The monoisotopic (exact) mass is 338 g/mol. The Hall–Kier alpha value is -0.0700. The average Bonchev–Trinajstić information content (AvgIpc) is 2.71. The first-order chi connectivity index (χ1) is 6.70. The van der Waals surface area contributed by atoms with Crippen LogP contribution in [0.3, 0.4) is 0 Å². The predicted molar refractivity (Wildman–Crippen MR) is 68.9 cm³/mol. The molecule has 0 fully saturated rings. The van der Waals surface area contributed by atoms with Crippen LogP contribution >= 0.6 is 45.5 Å². The van der Waals surface area contributed by atoms with Crippen LogP contribution in [0.25, 0.3) is 10.6 Å². The fourth-order valence-electron chi connectivity index (χ4n) is 1.16. The summed E-state index contributed by atoms with van der Waals surface area (Å²) in [7, 11) is 0. The molecule has 5 heteroatoms. The van der Waals surface area contributed by atoms with E-state index in [-0.39, 0.29) is 0 Å². The lowest BCUT2D eigenvalue weighted by Gasteiger charge is -1.91. The van der Waals surface area contributed by atoms with Crippen LogP contribution in [0, 0.1) is 3.57 Å². The molecule has 0 bridgehead atoms. The van der Waals surface area contributed by atoms with Crippen LogP contribution in [0.4, 0.5) is 0 Å². The number of nitrogens with zero attached hydrogens (tertiary/aromatic N) is 2. The molecule has 0 aliphatic carbocycles. The quantitative estimate of drug-likeness (QED) is 0.760. The van der Waals surface area contributed by atoms with Crippen molar-refractivity contribution in [3.8, 4) is 10.6 Å². The predicted octanol–water partition coefficient (Wildman–Crippen LogP) is 3.89. The molecule has 14 heavy (non-hydrogen) atoms. The molecule has 0 saturated heterocycles. The number of halogens is 2. The van der Waals surface area contributed by atoms with Gasteiger partial charge in [-0.25, -0.2) is 0 Å². The van der Waals surface area contributed by atoms with Crippen LogP contribution in [0.1, 0.15) is 6.92 Å². The third-order valence-electron chi connectivity index (χ3n) is 1.84. The fourth-order valence-corrected chi connectivity index (χ4v) is 3.14. The molecule has 0 aliphatic heterocycles. The van der Waals surface area contributed by atoms with Gasteiger partial charge in [0.1, 0.15) is 5.69 Å². The fraction of sp³-hybridized carbons (Fsp3) is 0.222. The van der Waals surface area contributed by atoms with E-state index in [0.29, 0.717) is 0 Å². The standard InChI is InChI=1S/C9H8ClIN2S/c1-2-13-4-7(11)9(12-13)8-3-6(10)5-14-8/h3-5H,2H2,1H3. The Morgan fingerprint density at radius 1 is 1.64 bits per heavy atom. The number of thiophene rings is 1. The largest absolute Gasteiger partial charge is 0.271 e. The van der Waals surface area contributed by atoms with Gasteiger partial charge in [-0.05, 0) is 35.6 Å². The molecule has 2 aromatic rings. The lowest BCUT2D eigenvalue weighted by atomic mass is 10.3. The summed E-state index contributed by atoms with van der Waals surface area (Å²) in [6.07, 6.45) is 2.05. The summed E-state index contributed by atoms with van der Waals surface area (Å²) in [5, 5.41) is 7.19. The van der Waals surface area contributed by atoms with E-state index in [1.165, 1.54) is 3.57 Å². The molecule has 2 rings (SSSR count). The first-order valence-corrected chi connectivity index (χ1v) is 6.51. The van der Waals surface area contributed by atoms with Crippen LogP contribution in [0.15, 0.2) is 17.6 Å². The van der Waals surface area contributed by atoms with E-state index in [1.54, 1.807) is 11.3 Å². The van der Waals surface area contributed by atoms with Gasteiger partial charge in [-0.2, -0.15) is 5.10 Å². The third kappa shape index (κ3) is 1.97. The Balaban J connectivity index is 2.45. The first-order valence-electron chi connectivity index (χ1n) is 4.18. The maximum absolute atomic E-state index is 5.88. The second-order valence-corrected chi connectivity index (χ2v) is 5.32. The van der Waals surface area contributed by atoms with E-state index in [2.05, 4.69) is 34.6 Å². The zero-order valence-corrected chi connectivity index (χ0v) is 11.2. The molecule has 0 atom stereocenters. The minimum atomic E-state index is 0.784. The smallest absolute Gasteiger partial charge is 0.116 e. The van der Waals surface area contributed by atoms with Crippen molar-refractivity contribution in [3.05, 3.63) is 26.2 Å². The Morgan fingerprint density at radius 2 is 2.43 bits per heavy atom. The highest BCUT2D eigenvalue weighted by Crippen LogP contribution is 2.31. The zero-order valence-electron chi connectivity index (χ0n) is 7.50. The van der Waals surface area contributed by atoms with Crippen molar-refractivity contribution in [2.24, 2.45) is 0 Å². The molecule has 0 N–H and O–H groups in total. The maximum atomic E-state index is 5.88. The zero-order chi connectivity index (χ0) is 10.1. The summed E-state index contributed by atoms with van der Waals surface area (Å²) in [5.41, 5.74) is 1.03. The lowest BCUT2D eigenvalue weighted by Crippen LogP contribution is -1.93. The second kappa shape index (κ2) is 4.20. The maximum Gasteiger partial charge on any atom is 0.116 e. The number of aryl methyl sites for hydroxylation is 1. The number of aromatic nitrogens is 2. The number of rotatable bonds is 2. The normalized spacial score (nSPS) is 10.8. The lowest BCUT2D eigenvalue weighted by molar-refractivity contribution is 0.662. The van der Waals surface area contributed by atoms with Gasteiger partial charge in [0, 0.05) is 18.1 Å². The molecule has 0 aromatic carbocycles. The van der Waals surface area contributed by atoms with Crippen molar-refractivity contribution < 1.29 is 0 Å². The molecule has 2 heterocycles. The SMILES string of the molecule is CCn1cc(I)c(-c2cc(Cl)cs2)n1. The highest BCUT2D eigenvalue weighted by atomic mass is 127. The molecule has 0 aliphatic rings. The summed E-state index contributed by atoms with van der Waals surface area (Å²) in [4.78, 5) is 1.13. The third-order valence-corrected chi connectivity index (χ3v) is 3.92. The first kappa shape index (κ1) is 10.4. The van der Waals surface area contributed by atoms with Crippen LogP contribution in [0.5, 0.6) is 0 Å². The Bertz CT molecular complexity index is 449. The Kier molecular flexibility index (Phi) is 3.14. The van der Waals surface area contributed by atoms with Crippen molar-refractivity contribution in [2.45, 2.75) is 13.5 Å². The van der Waals surface area contributed by atoms with E-state index in [9.17, 15) is 0 Å². The van der Waals surface area contributed by atoms with Crippen LogP contribution in [-0.4, -0.2) is 9.78 Å². The second-order valence-electron chi connectivity index (χ2n) is 2.81. The molecule has 2 nitrogen and oxygen atoms in total. The molecular weight excluding hydrogens is 331 g/mol. The highest BCUT2D eigenvalue weighted by molar-refractivity contribution is 14.1. The van der Waals surface area contributed by atoms with Crippen molar-refractivity contribution in [2.75, 3.05) is 0 Å². The van der Waals surface area contributed by atoms with Gasteiger partial charge in [0.05, 0.1) is 13.5 Å². The van der Waals surface area contributed by atoms with Gasteiger partial charge in [-0.3, -0.25) is 4.68 Å². The van der Waals surface area contributed by atoms with Crippen molar-refractivity contribution in [3.63, 3.8) is 0 Å². The van der Waals surface area contributed by atoms with E-state index in [4.69, 9.17) is 11.6 Å². The molecule has 74 valence electrons. The van der Waals surface area contributed by atoms with Gasteiger partial charge >= 0.3 is 0 Å². The summed E-state index contributed by atoms with van der Waals surface area (Å²) < 4.78 is 3.10. The van der Waals surface area contributed by atoms with Crippen molar-refractivity contribution >= 4 is 45.5 Å². The Labute approximate surface area is 105 Å². The molecule has 0 unspecified atom stereocenters. The Morgan fingerprint density at radius 3 is 2.93 bits per heavy atom. The van der Waals surface area contributed by atoms with E-state index in [1.807, 2.05) is 22.3 Å². The molecule has 0 spiro atoms. The van der Waals surface area contributed by atoms with Crippen LogP contribution in [0.2, 0.25) is 5.02 Å². The summed E-state index contributed by atoms with van der Waals surface area (Å²) in [6, 6.07) is 1.96. The van der Waals surface area contributed by atoms with Gasteiger partial charge < -0.3 is 0 Å². The minimum Gasteiger partial charge on any atom is -0.271 e. The van der Waals surface area contributed by atoms with Gasteiger partial charge in [0.15, 0.2) is 0 Å². The van der Waals surface area contributed by atoms with Gasteiger partial charge in [0.2, 0.25) is 0 Å². The summed E-state index contributed by atoms with van der Waals surface area (Å²) in [5.74, 6) is 0. The number of hydrogen-bond donors (Lipinski definition) is 0. The topological polar surface area (TPSA) is 17.8 Å². The summed E-state index contributed by atoms with van der Waals surface area (Å²) >= 11 is 9.80. The molecule has 2 aromatic heterocycles. The van der Waals surface area contributed by atoms with E-state index < -0.39 is 0 Å². The van der Waals surface area contributed by atoms with E-state index >= 15 is 0 Å². The van der Waals surface area contributed by atoms with Gasteiger partial charge in [0.25, 0.3) is 0 Å². The average molecular weight is 339 g/mol. The van der Waals surface area contributed by atoms with E-state index in [0.717, 1.165) is 22.1 Å². The van der Waals surface area contributed by atoms with Gasteiger partial charge in [-0.15, -0.1) is 11.3 Å². The molecule has 0 radical (unpaired) electrons. The highest BCUT2D eigenvalue weighted by Gasteiger charge is 2.10. The molecular formula is C9H8ClIN2S. The molecule has 0 amide bonds. The van der Waals surface area contributed by atoms with Crippen molar-refractivity contribution in [1.82, 2.24) is 9.78 Å². The van der Waals surface area contributed by atoms with Gasteiger partial charge in [-0.1, -0.05) is 11.6 Å². The van der Waals surface area contributed by atoms with Crippen molar-refractivity contribution in [1.29, 1.82) is 0 Å². The molecule has 0 saturated carbocycles. The minimum absolute atomic E-state index is 0.784. The van der Waals surface area contributed by atoms with Crippen LogP contribution in [-0.2, 0) is 6.54 Å².